The van der Waals surface area contributed by atoms with Gasteiger partial charge in [-0.15, -0.1) is 0 Å². The van der Waals surface area contributed by atoms with Gasteiger partial charge in [-0.3, -0.25) is 0 Å². The number of furan rings is 2. The molecule has 0 amide bonds. The summed E-state index contributed by atoms with van der Waals surface area (Å²) in [6.45, 7) is 0. The Kier molecular flexibility index (Phi) is 5.92. The first-order valence-corrected chi connectivity index (χ1v) is 19.2. The van der Waals surface area contributed by atoms with Gasteiger partial charge in [0.2, 0.25) is 0 Å². The molecule has 0 aliphatic carbocycles. The zero-order chi connectivity index (χ0) is 36.5. The standard InChI is InChI=1S/C54H30O2/c1-2-10-33-30-52-48(28-32(33)9-1)54-51(56-52)25-22-44-42-21-17-34(26-45(42)40-12-5-6-13-43(40)53(44)54)35-18-23-49-46(27-35)47-29-36(19-24-50(47)55-49)38-14-7-15-39-37-11-4-3-8-31(37)16-20-41(38)39/h1-30H. The Hall–Kier alpha value is -7.42. The van der Waals surface area contributed by atoms with Crippen LogP contribution in [-0.2, 0) is 0 Å². The van der Waals surface area contributed by atoms with Crippen molar-refractivity contribution in [1.29, 1.82) is 0 Å². The van der Waals surface area contributed by atoms with E-state index >= 15 is 0 Å². The monoisotopic (exact) mass is 710 g/mol. The van der Waals surface area contributed by atoms with Crippen LogP contribution in [0.15, 0.2) is 191 Å². The highest BCUT2D eigenvalue weighted by molar-refractivity contribution is 6.35. The van der Waals surface area contributed by atoms with Crippen LogP contribution in [-0.4, -0.2) is 0 Å². The molecule has 13 rings (SSSR count). The van der Waals surface area contributed by atoms with Crippen molar-refractivity contribution in [3.8, 4) is 22.3 Å². The Morgan fingerprint density at radius 2 is 0.768 bits per heavy atom. The summed E-state index contributed by atoms with van der Waals surface area (Å²) in [6.07, 6.45) is 0. The van der Waals surface area contributed by atoms with Gasteiger partial charge in [0.05, 0.1) is 0 Å². The van der Waals surface area contributed by atoms with Crippen molar-refractivity contribution in [2.75, 3.05) is 0 Å². The number of hydrogen-bond acceptors (Lipinski definition) is 2. The third kappa shape index (κ3) is 4.16. The van der Waals surface area contributed by atoms with E-state index in [9.17, 15) is 0 Å². The fraction of sp³-hybridized carbons (Fsp3) is 0. The molecule has 0 bridgehead atoms. The van der Waals surface area contributed by atoms with E-state index in [0.29, 0.717) is 0 Å². The molecule has 56 heavy (non-hydrogen) atoms. The van der Waals surface area contributed by atoms with Gasteiger partial charge in [-0.2, -0.15) is 0 Å². The van der Waals surface area contributed by atoms with Crippen LogP contribution >= 0.6 is 0 Å². The van der Waals surface area contributed by atoms with Gasteiger partial charge >= 0.3 is 0 Å². The molecule has 11 aromatic carbocycles. The first kappa shape index (κ1) is 30.0. The first-order valence-electron chi connectivity index (χ1n) is 19.2. The second-order valence-corrected chi connectivity index (χ2v) is 15.2. The van der Waals surface area contributed by atoms with E-state index < -0.39 is 0 Å². The predicted octanol–water partition coefficient (Wildman–Crippen LogP) is 15.7. The van der Waals surface area contributed by atoms with Crippen LogP contribution in [0.4, 0.5) is 0 Å². The lowest BCUT2D eigenvalue weighted by atomic mass is 9.90. The highest BCUT2D eigenvalue weighted by Crippen LogP contribution is 2.45. The van der Waals surface area contributed by atoms with Crippen LogP contribution in [0.25, 0.3) is 131 Å². The predicted molar refractivity (Wildman–Crippen MR) is 237 cm³/mol. The molecule has 0 aliphatic heterocycles. The molecule has 0 radical (unpaired) electrons. The largest absolute Gasteiger partial charge is 0.456 e. The molecular weight excluding hydrogens is 681 g/mol. The smallest absolute Gasteiger partial charge is 0.136 e. The molecule has 13 aromatic rings. The average Bonchev–Trinajstić information content (AvgIpc) is 3.82. The molecule has 0 fully saturated rings. The van der Waals surface area contributed by atoms with E-state index in [-0.39, 0.29) is 0 Å². The first-order chi connectivity index (χ1) is 27.7. The summed E-state index contributed by atoms with van der Waals surface area (Å²) in [5.41, 5.74) is 8.38. The topological polar surface area (TPSA) is 26.3 Å². The van der Waals surface area contributed by atoms with Gasteiger partial charge in [-0.1, -0.05) is 127 Å². The molecule has 0 saturated heterocycles. The zero-order valence-corrected chi connectivity index (χ0v) is 30.1. The van der Waals surface area contributed by atoms with Gasteiger partial charge in [-0.25, -0.2) is 0 Å². The Bertz CT molecular complexity index is 3800. The van der Waals surface area contributed by atoms with Gasteiger partial charge in [0, 0.05) is 26.9 Å². The normalized spacial score (nSPS) is 12.3. The maximum absolute atomic E-state index is 6.52. The van der Waals surface area contributed by atoms with Crippen LogP contribution in [0.5, 0.6) is 0 Å². The van der Waals surface area contributed by atoms with Gasteiger partial charge in [0.15, 0.2) is 0 Å². The summed E-state index contributed by atoms with van der Waals surface area (Å²) in [6, 6.07) is 66.2. The quantitative estimate of drug-likeness (QED) is 0.167. The molecule has 0 N–H and O–H groups in total. The summed E-state index contributed by atoms with van der Waals surface area (Å²) < 4.78 is 13.0. The average molecular weight is 711 g/mol. The maximum atomic E-state index is 6.52. The molecule has 0 atom stereocenters. The van der Waals surface area contributed by atoms with E-state index in [1.807, 2.05) is 0 Å². The molecular formula is C54H30O2. The minimum atomic E-state index is 0.895. The van der Waals surface area contributed by atoms with E-state index in [1.54, 1.807) is 0 Å². The third-order valence-corrected chi connectivity index (χ3v) is 12.2. The molecule has 0 unspecified atom stereocenters. The van der Waals surface area contributed by atoms with E-state index in [0.717, 1.165) is 44.1 Å². The van der Waals surface area contributed by atoms with Crippen LogP contribution in [0.2, 0.25) is 0 Å². The lowest BCUT2D eigenvalue weighted by molar-refractivity contribution is 0.669. The van der Waals surface area contributed by atoms with Crippen molar-refractivity contribution < 1.29 is 8.83 Å². The molecule has 0 saturated carbocycles. The summed E-state index contributed by atoms with van der Waals surface area (Å²) >= 11 is 0. The summed E-state index contributed by atoms with van der Waals surface area (Å²) in [4.78, 5) is 0. The van der Waals surface area contributed by atoms with Gasteiger partial charge in [0.25, 0.3) is 0 Å². The van der Waals surface area contributed by atoms with Crippen molar-refractivity contribution in [2.45, 2.75) is 0 Å². The number of benzene rings is 11. The third-order valence-electron chi connectivity index (χ3n) is 12.2. The second-order valence-electron chi connectivity index (χ2n) is 15.2. The Balaban J connectivity index is 0.997. The SMILES string of the molecule is c1ccc2cc3c(cc2c1)oc1ccc2c4ccc(-c5ccc6oc7ccc(-c8cccc9c8ccc8ccccc89)cc7c6c5)cc4c4ccccc4c2c13. The van der Waals surface area contributed by atoms with Crippen molar-refractivity contribution in [1.82, 2.24) is 0 Å². The molecule has 0 spiro atoms. The van der Waals surface area contributed by atoms with E-state index in [2.05, 4.69) is 182 Å². The minimum Gasteiger partial charge on any atom is -0.456 e. The summed E-state index contributed by atoms with van der Waals surface area (Å²) in [5.74, 6) is 0. The van der Waals surface area contributed by atoms with Crippen LogP contribution in [0, 0.1) is 0 Å². The fourth-order valence-electron chi connectivity index (χ4n) is 9.59. The van der Waals surface area contributed by atoms with E-state index in [1.165, 1.54) is 86.7 Å². The molecule has 258 valence electrons. The van der Waals surface area contributed by atoms with Crippen molar-refractivity contribution in [3.63, 3.8) is 0 Å². The fourth-order valence-corrected chi connectivity index (χ4v) is 9.59. The van der Waals surface area contributed by atoms with Gasteiger partial charge in [-0.05, 0) is 136 Å². The Labute approximate surface area is 320 Å². The van der Waals surface area contributed by atoms with Crippen molar-refractivity contribution in [2.24, 2.45) is 0 Å². The molecule has 2 heterocycles. The highest BCUT2D eigenvalue weighted by Gasteiger charge is 2.18. The zero-order valence-electron chi connectivity index (χ0n) is 30.1. The van der Waals surface area contributed by atoms with Crippen molar-refractivity contribution in [3.05, 3.63) is 182 Å². The summed E-state index contributed by atoms with van der Waals surface area (Å²) in [5, 5.41) is 19.5. The van der Waals surface area contributed by atoms with Crippen LogP contribution in [0.3, 0.4) is 0 Å². The molecule has 2 aromatic heterocycles. The number of hydrogen-bond donors (Lipinski definition) is 0. The number of fused-ring (bicyclic) bond motifs is 17. The van der Waals surface area contributed by atoms with Crippen LogP contribution < -0.4 is 0 Å². The van der Waals surface area contributed by atoms with E-state index in [4.69, 9.17) is 8.83 Å². The second kappa shape index (κ2) is 11.1. The highest BCUT2D eigenvalue weighted by atomic mass is 16.3. The van der Waals surface area contributed by atoms with Crippen molar-refractivity contribution >= 4 is 109 Å². The lowest BCUT2D eigenvalue weighted by Gasteiger charge is -2.13. The lowest BCUT2D eigenvalue weighted by Crippen LogP contribution is -1.86. The van der Waals surface area contributed by atoms with Crippen LogP contribution in [0.1, 0.15) is 0 Å². The van der Waals surface area contributed by atoms with Gasteiger partial charge < -0.3 is 8.83 Å². The number of rotatable bonds is 2. The maximum Gasteiger partial charge on any atom is 0.136 e. The molecule has 0 aliphatic rings. The Morgan fingerprint density at radius 3 is 1.61 bits per heavy atom. The minimum absolute atomic E-state index is 0.895. The van der Waals surface area contributed by atoms with Gasteiger partial charge in [0.1, 0.15) is 22.3 Å². The Morgan fingerprint density at radius 1 is 0.232 bits per heavy atom. The molecule has 2 nitrogen and oxygen atoms in total. The summed E-state index contributed by atoms with van der Waals surface area (Å²) in [7, 11) is 0. The molecule has 2 heteroatoms.